The second-order valence-electron chi connectivity index (χ2n) is 2.97. The molecule has 0 atom stereocenters. The molecule has 0 bridgehead atoms. The highest BCUT2D eigenvalue weighted by Gasteiger charge is 2.13. The van der Waals surface area contributed by atoms with E-state index < -0.39 is 9.05 Å². The lowest BCUT2D eigenvalue weighted by Gasteiger charge is -2.03. The minimum Gasteiger partial charge on any atom is -0.295 e. The number of ketones is 1. The molecule has 14 heavy (non-hydrogen) atoms. The Balaban J connectivity index is 3.35. The van der Waals surface area contributed by atoms with Crippen LogP contribution in [-0.4, -0.2) is 14.2 Å². The van der Waals surface area contributed by atoms with Gasteiger partial charge in [-0.1, -0.05) is 6.07 Å². The van der Waals surface area contributed by atoms with E-state index in [0.717, 1.165) is 0 Å². The number of carbonyl (C=O) groups is 1. The van der Waals surface area contributed by atoms with Gasteiger partial charge in [0.25, 0.3) is 9.05 Å². The van der Waals surface area contributed by atoms with Crippen molar-refractivity contribution < 1.29 is 13.2 Å². The van der Waals surface area contributed by atoms with Crippen molar-refractivity contribution >= 4 is 25.5 Å². The Kier molecular flexibility index (Phi) is 2.97. The average Bonchev–Trinajstić information content (AvgIpc) is 2.01. The zero-order valence-electron chi connectivity index (χ0n) is 7.74. The van der Waals surface area contributed by atoms with E-state index >= 15 is 0 Å². The number of hydrogen-bond donors (Lipinski definition) is 0. The van der Waals surface area contributed by atoms with E-state index in [-0.39, 0.29) is 10.7 Å². The van der Waals surface area contributed by atoms with E-state index in [1.54, 1.807) is 6.92 Å². The highest BCUT2D eigenvalue weighted by Crippen LogP contribution is 2.20. The van der Waals surface area contributed by atoms with Crippen molar-refractivity contribution in [2.24, 2.45) is 0 Å². The van der Waals surface area contributed by atoms with Crippen LogP contribution in [0.3, 0.4) is 0 Å². The van der Waals surface area contributed by atoms with Gasteiger partial charge < -0.3 is 0 Å². The minimum atomic E-state index is -3.72. The highest BCUT2D eigenvalue weighted by atomic mass is 35.7. The molecule has 0 N–H and O–H groups in total. The number of rotatable bonds is 2. The number of carbonyl (C=O) groups excluding carboxylic acids is 1. The van der Waals surface area contributed by atoms with Gasteiger partial charge in [-0.25, -0.2) is 8.42 Å². The lowest BCUT2D eigenvalue weighted by molar-refractivity contribution is 0.101. The van der Waals surface area contributed by atoms with Gasteiger partial charge in [0.15, 0.2) is 5.78 Å². The van der Waals surface area contributed by atoms with Gasteiger partial charge in [0, 0.05) is 16.2 Å². The molecule has 1 aromatic carbocycles. The minimum absolute atomic E-state index is 0.0455. The van der Waals surface area contributed by atoms with E-state index in [1.807, 2.05) is 0 Å². The summed E-state index contributed by atoms with van der Waals surface area (Å²) in [5, 5.41) is 0. The van der Waals surface area contributed by atoms with Crippen molar-refractivity contribution in [2.75, 3.05) is 0 Å². The first kappa shape index (κ1) is 11.2. The number of hydrogen-bond acceptors (Lipinski definition) is 3. The first-order chi connectivity index (χ1) is 6.32. The van der Waals surface area contributed by atoms with Crippen LogP contribution in [0.5, 0.6) is 0 Å². The average molecular weight is 233 g/mol. The van der Waals surface area contributed by atoms with E-state index in [4.69, 9.17) is 10.7 Å². The number of benzene rings is 1. The molecule has 0 aliphatic carbocycles. The Morgan fingerprint density at radius 2 is 1.93 bits per heavy atom. The molecule has 0 aromatic heterocycles. The molecule has 0 aliphatic rings. The predicted molar refractivity (Wildman–Crippen MR) is 54.2 cm³/mol. The van der Waals surface area contributed by atoms with E-state index in [9.17, 15) is 13.2 Å². The maximum absolute atomic E-state index is 11.0. The van der Waals surface area contributed by atoms with Gasteiger partial charge >= 0.3 is 0 Å². The van der Waals surface area contributed by atoms with Gasteiger partial charge in [-0.05, 0) is 31.5 Å². The summed E-state index contributed by atoms with van der Waals surface area (Å²) in [4.78, 5) is 11.0. The fourth-order valence-corrected chi connectivity index (χ4v) is 2.34. The SMILES string of the molecule is CC(=O)c1ccc(S(=O)(=O)Cl)c(C)c1. The second-order valence-corrected chi connectivity index (χ2v) is 5.51. The summed E-state index contributed by atoms with van der Waals surface area (Å²) < 4.78 is 22.0. The standard InChI is InChI=1S/C9H9ClO3S/c1-6-5-8(7(2)11)3-4-9(6)14(10,12)13/h3-5H,1-2H3. The molecule has 0 saturated heterocycles. The highest BCUT2D eigenvalue weighted by molar-refractivity contribution is 8.13. The van der Waals surface area contributed by atoms with Crippen molar-refractivity contribution in [1.82, 2.24) is 0 Å². The predicted octanol–water partition coefficient (Wildman–Crippen LogP) is 2.13. The smallest absolute Gasteiger partial charge is 0.261 e. The molecule has 5 heteroatoms. The van der Waals surface area contributed by atoms with Crippen LogP contribution >= 0.6 is 10.7 Å². The largest absolute Gasteiger partial charge is 0.295 e. The molecule has 0 saturated carbocycles. The van der Waals surface area contributed by atoms with Crippen molar-refractivity contribution in [3.05, 3.63) is 29.3 Å². The summed E-state index contributed by atoms with van der Waals surface area (Å²) in [5.41, 5.74) is 0.958. The maximum Gasteiger partial charge on any atom is 0.261 e. The molecule has 1 aromatic rings. The topological polar surface area (TPSA) is 51.2 Å². The Hall–Kier alpha value is -0.870. The molecule has 0 aliphatic heterocycles. The normalized spacial score (nSPS) is 11.4. The van der Waals surface area contributed by atoms with Crippen LogP contribution in [0, 0.1) is 6.92 Å². The molecule has 3 nitrogen and oxygen atoms in total. The summed E-state index contributed by atoms with van der Waals surface area (Å²) in [6, 6.07) is 4.30. The van der Waals surface area contributed by atoms with E-state index in [1.165, 1.54) is 25.1 Å². The molecule has 0 spiro atoms. The molecule has 0 fully saturated rings. The molecule has 0 unspecified atom stereocenters. The molecule has 0 heterocycles. The van der Waals surface area contributed by atoms with Crippen LogP contribution in [-0.2, 0) is 9.05 Å². The van der Waals surface area contributed by atoms with Crippen molar-refractivity contribution in [1.29, 1.82) is 0 Å². The fourth-order valence-electron chi connectivity index (χ4n) is 1.14. The van der Waals surface area contributed by atoms with Gasteiger partial charge in [0.2, 0.25) is 0 Å². The second kappa shape index (κ2) is 3.71. The molecule has 76 valence electrons. The fraction of sp³-hybridized carbons (Fsp3) is 0.222. The van der Waals surface area contributed by atoms with Crippen LogP contribution < -0.4 is 0 Å². The van der Waals surface area contributed by atoms with Crippen LogP contribution in [0.15, 0.2) is 23.1 Å². The zero-order valence-corrected chi connectivity index (χ0v) is 9.32. The molecular weight excluding hydrogens is 224 g/mol. The van der Waals surface area contributed by atoms with Gasteiger partial charge in [-0.3, -0.25) is 4.79 Å². The van der Waals surface area contributed by atoms with Gasteiger partial charge in [0.05, 0.1) is 4.90 Å². The summed E-state index contributed by atoms with van der Waals surface area (Å²) in [6.45, 7) is 3.02. The van der Waals surface area contributed by atoms with Crippen molar-refractivity contribution in [3.63, 3.8) is 0 Å². The van der Waals surface area contributed by atoms with Crippen LogP contribution in [0.25, 0.3) is 0 Å². The van der Waals surface area contributed by atoms with Crippen LogP contribution in [0.1, 0.15) is 22.8 Å². The maximum atomic E-state index is 11.0. The lowest BCUT2D eigenvalue weighted by atomic mass is 10.1. The van der Waals surface area contributed by atoms with Crippen molar-refractivity contribution in [3.8, 4) is 0 Å². The third kappa shape index (κ3) is 2.33. The Morgan fingerprint density at radius 1 is 1.36 bits per heavy atom. The first-order valence-electron chi connectivity index (χ1n) is 3.88. The summed E-state index contributed by atoms with van der Waals surface area (Å²) in [6.07, 6.45) is 0. The Morgan fingerprint density at radius 3 is 2.29 bits per heavy atom. The summed E-state index contributed by atoms with van der Waals surface area (Å²) in [7, 11) is 1.47. The molecule has 0 amide bonds. The van der Waals surface area contributed by atoms with Crippen LogP contribution in [0.2, 0.25) is 0 Å². The monoisotopic (exact) mass is 232 g/mol. The molecular formula is C9H9ClO3S. The van der Waals surface area contributed by atoms with Gasteiger partial charge in [-0.2, -0.15) is 0 Å². The molecule has 0 radical (unpaired) electrons. The zero-order chi connectivity index (χ0) is 10.9. The van der Waals surface area contributed by atoms with Crippen LogP contribution in [0.4, 0.5) is 0 Å². The third-order valence-electron chi connectivity index (χ3n) is 1.84. The quantitative estimate of drug-likeness (QED) is 0.580. The number of aryl methyl sites for hydroxylation is 1. The van der Waals surface area contributed by atoms with E-state index in [2.05, 4.69) is 0 Å². The lowest BCUT2D eigenvalue weighted by Crippen LogP contribution is -1.98. The Bertz CT molecular complexity index is 477. The number of halogens is 1. The summed E-state index contributed by atoms with van der Waals surface area (Å²) in [5.74, 6) is -0.105. The molecule has 1 rings (SSSR count). The number of Topliss-reactive ketones (excluding diaryl/α,β-unsaturated/α-hetero) is 1. The third-order valence-corrected chi connectivity index (χ3v) is 3.33. The van der Waals surface area contributed by atoms with Gasteiger partial charge in [-0.15, -0.1) is 0 Å². The van der Waals surface area contributed by atoms with Crippen molar-refractivity contribution in [2.45, 2.75) is 18.7 Å². The van der Waals surface area contributed by atoms with Gasteiger partial charge in [0.1, 0.15) is 0 Å². The first-order valence-corrected chi connectivity index (χ1v) is 6.19. The Labute approximate surface area is 87.1 Å². The summed E-state index contributed by atoms with van der Waals surface area (Å²) >= 11 is 0. The van der Waals surface area contributed by atoms with E-state index in [0.29, 0.717) is 11.1 Å².